The lowest BCUT2D eigenvalue weighted by Crippen LogP contribution is -2.33. The first-order valence-electron chi connectivity index (χ1n) is 15.0. The Labute approximate surface area is 291 Å². The SMILES string of the molecule is CCOC(=O)c1ccc(NC(=O)Cn2c3c(sc2=O)C(c2ccc(Br)cc2)C2C(=O)N(c4ccc(C(=O)OCC)cc4)C(=O)C2S3)cc1. The van der Waals surface area contributed by atoms with Gasteiger partial charge in [-0.25, -0.2) is 14.5 Å². The number of rotatable bonds is 9. The molecule has 2 aliphatic heterocycles. The van der Waals surface area contributed by atoms with Gasteiger partial charge in [0.2, 0.25) is 17.7 Å². The molecule has 0 radical (unpaired) electrons. The fraction of sp³-hybridized carbons (Fsp3) is 0.235. The molecule has 3 aromatic carbocycles. The predicted molar refractivity (Wildman–Crippen MR) is 184 cm³/mol. The van der Waals surface area contributed by atoms with Gasteiger partial charge in [-0.1, -0.05) is 51.2 Å². The standard InChI is InChI=1S/C34H28BrN3O8S2/c1-3-45-32(42)19-7-13-22(14-8-19)36-24(39)17-37-31-28(48-34(37)44)25(18-5-11-21(35)12-6-18)26-27(47-31)30(41)38(29(26)40)23-15-9-20(10-16-23)33(43)46-4-2/h5-16,25-27H,3-4,17H2,1-2H3,(H,36,39). The molecule has 0 spiro atoms. The van der Waals surface area contributed by atoms with Gasteiger partial charge in [0.1, 0.15) is 11.8 Å². The van der Waals surface area contributed by atoms with Crippen molar-refractivity contribution < 1.29 is 33.4 Å². The molecule has 3 unspecified atom stereocenters. The number of hydrogen-bond donors (Lipinski definition) is 1. The van der Waals surface area contributed by atoms with Crippen molar-refractivity contribution >= 4 is 80.1 Å². The summed E-state index contributed by atoms with van der Waals surface area (Å²) in [4.78, 5) is 80.2. The zero-order valence-electron chi connectivity index (χ0n) is 25.6. The molecular formula is C34H28BrN3O8S2. The quantitative estimate of drug-likeness (QED) is 0.175. The lowest BCUT2D eigenvalue weighted by Gasteiger charge is -2.30. The Bertz CT molecular complexity index is 1970. The smallest absolute Gasteiger partial charge is 0.338 e. The van der Waals surface area contributed by atoms with Gasteiger partial charge in [-0.15, -0.1) is 0 Å². The highest BCUT2D eigenvalue weighted by Crippen LogP contribution is 2.54. The molecule has 246 valence electrons. The predicted octanol–water partition coefficient (Wildman–Crippen LogP) is 5.46. The van der Waals surface area contributed by atoms with E-state index in [2.05, 4.69) is 21.2 Å². The highest BCUT2D eigenvalue weighted by molar-refractivity contribution is 9.10. The van der Waals surface area contributed by atoms with Gasteiger partial charge < -0.3 is 14.8 Å². The first-order chi connectivity index (χ1) is 23.1. The van der Waals surface area contributed by atoms with Crippen molar-refractivity contribution in [2.45, 2.75) is 36.6 Å². The summed E-state index contributed by atoms with van der Waals surface area (Å²) < 4.78 is 12.2. The molecule has 1 saturated heterocycles. The number of nitrogens with zero attached hydrogens (tertiary/aromatic N) is 2. The second-order valence-electron chi connectivity index (χ2n) is 10.8. The third kappa shape index (κ3) is 6.34. The Hall–Kier alpha value is -4.53. The first kappa shape index (κ1) is 33.4. The molecule has 3 amide bonds. The molecule has 3 heterocycles. The molecular weight excluding hydrogens is 722 g/mol. The molecule has 0 aliphatic carbocycles. The van der Waals surface area contributed by atoms with E-state index in [1.807, 2.05) is 24.3 Å². The van der Waals surface area contributed by atoms with Crippen LogP contribution in [0.1, 0.15) is 50.9 Å². The summed E-state index contributed by atoms with van der Waals surface area (Å²) in [5.41, 5.74) is 2.11. The van der Waals surface area contributed by atoms with Crippen LogP contribution in [0, 0.1) is 5.92 Å². The molecule has 48 heavy (non-hydrogen) atoms. The molecule has 11 nitrogen and oxygen atoms in total. The monoisotopic (exact) mass is 749 g/mol. The van der Waals surface area contributed by atoms with Crippen LogP contribution >= 0.6 is 39.0 Å². The third-order valence-electron chi connectivity index (χ3n) is 7.90. The lowest BCUT2D eigenvalue weighted by atomic mass is 9.83. The summed E-state index contributed by atoms with van der Waals surface area (Å²) in [7, 11) is 0. The normalized spacial score (nSPS) is 18.2. The van der Waals surface area contributed by atoms with Crippen LogP contribution in [0.3, 0.4) is 0 Å². The van der Waals surface area contributed by atoms with E-state index in [0.29, 0.717) is 32.4 Å². The summed E-state index contributed by atoms with van der Waals surface area (Å²) in [5.74, 6) is -3.80. The molecule has 0 bridgehead atoms. The maximum atomic E-state index is 14.1. The number of imide groups is 1. The second kappa shape index (κ2) is 13.9. The van der Waals surface area contributed by atoms with E-state index in [9.17, 15) is 28.8 Å². The minimum Gasteiger partial charge on any atom is -0.462 e. The Kier molecular flexibility index (Phi) is 9.67. The van der Waals surface area contributed by atoms with Crippen molar-refractivity contribution in [1.29, 1.82) is 0 Å². The van der Waals surface area contributed by atoms with Crippen LogP contribution in [-0.4, -0.2) is 52.7 Å². The van der Waals surface area contributed by atoms with Gasteiger partial charge in [0.15, 0.2) is 0 Å². The van der Waals surface area contributed by atoms with Gasteiger partial charge in [0.25, 0.3) is 0 Å². The molecule has 3 atom stereocenters. The molecule has 14 heteroatoms. The molecule has 1 N–H and O–H groups in total. The number of aromatic nitrogens is 1. The number of hydrogen-bond acceptors (Lipinski definition) is 10. The van der Waals surface area contributed by atoms with Crippen LogP contribution in [0.5, 0.6) is 0 Å². The number of carbonyl (C=O) groups is 5. The number of carbonyl (C=O) groups excluding carboxylic acids is 5. The van der Waals surface area contributed by atoms with Crippen LogP contribution in [-0.2, 0) is 30.4 Å². The van der Waals surface area contributed by atoms with Gasteiger partial charge in [-0.05, 0) is 80.1 Å². The summed E-state index contributed by atoms with van der Waals surface area (Å²) >= 11 is 5.50. The van der Waals surface area contributed by atoms with Crippen molar-refractivity contribution in [3.63, 3.8) is 0 Å². The van der Waals surface area contributed by atoms with Crippen LogP contribution < -0.4 is 15.1 Å². The maximum Gasteiger partial charge on any atom is 0.338 e. The fourth-order valence-corrected chi connectivity index (χ4v) is 8.79. The first-order valence-corrected chi connectivity index (χ1v) is 17.5. The van der Waals surface area contributed by atoms with Gasteiger partial charge in [0.05, 0.1) is 41.0 Å². The van der Waals surface area contributed by atoms with Crippen LogP contribution in [0.25, 0.3) is 0 Å². The summed E-state index contributed by atoms with van der Waals surface area (Å²) in [5, 5.41) is 2.33. The molecule has 0 saturated carbocycles. The van der Waals surface area contributed by atoms with E-state index in [-0.39, 0.29) is 19.8 Å². The number of benzene rings is 3. The van der Waals surface area contributed by atoms with Crippen molar-refractivity contribution in [1.82, 2.24) is 4.57 Å². The Morgan fingerprint density at radius 2 is 1.40 bits per heavy atom. The van der Waals surface area contributed by atoms with Crippen LogP contribution in [0.2, 0.25) is 0 Å². The zero-order chi connectivity index (χ0) is 34.1. The van der Waals surface area contributed by atoms with E-state index in [1.165, 1.54) is 41.0 Å². The number of ether oxygens (including phenoxy) is 2. The Balaban J connectivity index is 1.31. The van der Waals surface area contributed by atoms with Crippen molar-refractivity contribution in [2.75, 3.05) is 23.4 Å². The van der Waals surface area contributed by atoms with Crippen molar-refractivity contribution in [3.05, 3.63) is 109 Å². The molecule has 2 aliphatic rings. The topological polar surface area (TPSA) is 141 Å². The average molecular weight is 751 g/mol. The van der Waals surface area contributed by atoms with E-state index < -0.39 is 51.6 Å². The fourth-order valence-electron chi connectivity index (χ4n) is 5.75. The number of halogens is 1. The summed E-state index contributed by atoms with van der Waals surface area (Å²) in [6.45, 7) is 3.53. The number of fused-ring (bicyclic) bond motifs is 2. The molecule has 1 fully saturated rings. The Morgan fingerprint density at radius 3 is 1.98 bits per heavy atom. The van der Waals surface area contributed by atoms with Crippen molar-refractivity contribution in [3.8, 4) is 0 Å². The Morgan fingerprint density at radius 1 is 0.812 bits per heavy atom. The average Bonchev–Trinajstić information content (AvgIpc) is 3.52. The van der Waals surface area contributed by atoms with Gasteiger partial charge in [-0.3, -0.25) is 23.7 Å². The van der Waals surface area contributed by atoms with E-state index in [0.717, 1.165) is 38.0 Å². The van der Waals surface area contributed by atoms with Crippen LogP contribution in [0.15, 0.2) is 87.1 Å². The zero-order valence-corrected chi connectivity index (χ0v) is 28.9. The third-order valence-corrected chi connectivity index (χ3v) is 11.0. The minimum atomic E-state index is -0.873. The van der Waals surface area contributed by atoms with Gasteiger partial charge >= 0.3 is 16.8 Å². The number of thioether (sulfide) groups is 1. The molecule has 4 aromatic rings. The number of amides is 3. The largest absolute Gasteiger partial charge is 0.462 e. The number of esters is 2. The van der Waals surface area contributed by atoms with E-state index in [4.69, 9.17) is 9.47 Å². The number of anilines is 2. The summed E-state index contributed by atoms with van der Waals surface area (Å²) in [6, 6.07) is 19.6. The van der Waals surface area contributed by atoms with Crippen molar-refractivity contribution in [2.24, 2.45) is 5.92 Å². The van der Waals surface area contributed by atoms with Gasteiger partial charge in [0, 0.05) is 21.0 Å². The van der Waals surface area contributed by atoms with Crippen LogP contribution in [0.4, 0.5) is 11.4 Å². The lowest BCUT2D eigenvalue weighted by molar-refractivity contribution is -0.122. The number of thiazole rings is 1. The van der Waals surface area contributed by atoms with E-state index in [1.54, 1.807) is 26.0 Å². The highest BCUT2D eigenvalue weighted by atomic mass is 79.9. The highest BCUT2D eigenvalue weighted by Gasteiger charge is 2.56. The van der Waals surface area contributed by atoms with E-state index >= 15 is 0 Å². The summed E-state index contributed by atoms with van der Waals surface area (Å²) in [6.07, 6.45) is 0. The number of nitrogens with one attached hydrogen (secondary N) is 1. The minimum absolute atomic E-state index is 0.211. The maximum absolute atomic E-state index is 14.1. The molecule has 6 rings (SSSR count). The molecule has 1 aromatic heterocycles. The van der Waals surface area contributed by atoms with Gasteiger partial charge in [-0.2, -0.15) is 0 Å². The second-order valence-corrected chi connectivity index (χ2v) is 13.9.